The van der Waals surface area contributed by atoms with Crippen molar-refractivity contribution in [2.45, 2.75) is 45.4 Å². The van der Waals surface area contributed by atoms with E-state index in [4.69, 9.17) is 10.00 Å². The van der Waals surface area contributed by atoms with Gasteiger partial charge in [0, 0.05) is 12.6 Å². The number of hydrogen-bond donors (Lipinski definition) is 0. The number of carbonyl (C=O) groups excluding carboxylic acids is 1. The maximum absolute atomic E-state index is 11.0. The van der Waals surface area contributed by atoms with Crippen LogP contribution in [0.25, 0.3) is 0 Å². The lowest BCUT2D eigenvalue weighted by molar-refractivity contribution is -0.143. The number of carbonyl (C=O) groups is 1. The van der Waals surface area contributed by atoms with Crippen LogP contribution >= 0.6 is 0 Å². The van der Waals surface area contributed by atoms with Gasteiger partial charge in [0.05, 0.1) is 23.9 Å². The minimum atomic E-state index is -0.113. The number of aryl methyl sites for hydroxylation is 1. The molecule has 0 aliphatic heterocycles. The quantitative estimate of drug-likeness (QED) is 0.324. The van der Waals surface area contributed by atoms with Gasteiger partial charge >= 0.3 is 5.97 Å². The second kappa shape index (κ2) is 11.6. The minimum absolute atomic E-state index is 0.113. The molecule has 2 aromatic carbocycles. The minimum Gasteiger partial charge on any atom is -0.466 e. The summed E-state index contributed by atoms with van der Waals surface area (Å²) in [5, 5.41) is 8.80. The van der Waals surface area contributed by atoms with Gasteiger partial charge in [0.25, 0.3) is 0 Å². The Balaban J connectivity index is 1.68. The first-order valence-corrected chi connectivity index (χ1v) is 9.50. The van der Waals surface area contributed by atoms with E-state index in [1.165, 1.54) is 5.56 Å². The van der Waals surface area contributed by atoms with E-state index >= 15 is 0 Å². The Kier molecular flexibility index (Phi) is 8.79. The summed E-state index contributed by atoms with van der Waals surface area (Å²) in [6.45, 7) is 2.35. The number of hydrogen-bond acceptors (Lipinski definition) is 4. The second-order valence-corrected chi connectivity index (χ2v) is 6.40. The zero-order valence-electron chi connectivity index (χ0n) is 15.9. The van der Waals surface area contributed by atoms with Gasteiger partial charge in [-0.1, -0.05) is 44.0 Å². The van der Waals surface area contributed by atoms with Gasteiger partial charge in [-0.3, -0.25) is 9.79 Å². The first kappa shape index (κ1) is 20.4. The van der Waals surface area contributed by atoms with Gasteiger partial charge < -0.3 is 4.74 Å². The summed E-state index contributed by atoms with van der Waals surface area (Å²) in [6.07, 6.45) is 7.66. The van der Waals surface area contributed by atoms with Crippen LogP contribution in [0.2, 0.25) is 0 Å². The fraction of sp³-hybridized carbons (Fsp3) is 0.348. The lowest BCUT2D eigenvalue weighted by Crippen LogP contribution is -2.03. The summed E-state index contributed by atoms with van der Waals surface area (Å²) in [5.74, 6) is -0.113. The average molecular weight is 362 g/mol. The molecule has 27 heavy (non-hydrogen) atoms. The highest BCUT2D eigenvalue weighted by Crippen LogP contribution is 2.13. The summed E-state index contributed by atoms with van der Waals surface area (Å²) >= 11 is 0. The van der Waals surface area contributed by atoms with Crippen LogP contribution in [-0.4, -0.2) is 18.8 Å². The molecule has 2 rings (SSSR count). The molecule has 0 amide bonds. The Morgan fingerprint density at radius 1 is 1.04 bits per heavy atom. The molecule has 0 fully saturated rings. The molecule has 4 heteroatoms. The maximum atomic E-state index is 11.0. The number of aliphatic imine (C=N–C) groups is 1. The normalized spacial score (nSPS) is 10.7. The average Bonchev–Trinajstić information content (AvgIpc) is 2.72. The zero-order chi connectivity index (χ0) is 19.3. The second-order valence-electron chi connectivity index (χ2n) is 6.40. The molecule has 0 aliphatic rings. The van der Waals surface area contributed by atoms with Crippen LogP contribution in [-0.2, 0) is 16.0 Å². The predicted molar refractivity (Wildman–Crippen MR) is 108 cm³/mol. The van der Waals surface area contributed by atoms with Crippen LogP contribution in [0.5, 0.6) is 0 Å². The SMILES string of the molecule is CCC(=O)OCCCCCCc1ccc(C=Nc2ccc(C#N)cc2)cc1. The van der Waals surface area contributed by atoms with Crippen LogP contribution in [0, 0.1) is 11.3 Å². The van der Waals surface area contributed by atoms with Crippen molar-refractivity contribution in [2.24, 2.45) is 4.99 Å². The van der Waals surface area contributed by atoms with Gasteiger partial charge in [-0.15, -0.1) is 0 Å². The van der Waals surface area contributed by atoms with Crippen LogP contribution in [0.15, 0.2) is 53.5 Å². The van der Waals surface area contributed by atoms with Crippen LogP contribution in [0.1, 0.15) is 55.7 Å². The standard InChI is InChI=1S/C23H26N2O2/c1-2-23(26)27-16-6-4-3-5-7-19-8-10-21(11-9-19)18-25-22-14-12-20(17-24)13-15-22/h8-15,18H,2-7,16H2,1H3. The van der Waals surface area contributed by atoms with Gasteiger partial charge in [0.1, 0.15) is 0 Å². The number of benzene rings is 2. The molecular formula is C23H26N2O2. The third-order valence-electron chi connectivity index (χ3n) is 4.25. The lowest BCUT2D eigenvalue weighted by Gasteiger charge is -2.04. The Morgan fingerprint density at radius 2 is 1.74 bits per heavy atom. The fourth-order valence-electron chi connectivity index (χ4n) is 2.61. The molecule has 0 heterocycles. The first-order chi connectivity index (χ1) is 13.2. The van der Waals surface area contributed by atoms with Gasteiger partial charge in [0.2, 0.25) is 0 Å². The molecule has 0 saturated heterocycles. The van der Waals surface area contributed by atoms with E-state index < -0.39 is 0 Å². The molecule has 4 nitrogen and oxygen atoms in total. The molecule has 0 atom stereocenters. The highest BCUT2D eigenvalue weighted by Gasteiger charge is 1.98. The van der Waals surface area contributed by atoms with Crippen LogP contribution < -0.4 is 0 Å². The van der Waals surface area contributed by atoms with Crippen molar-refractivity contribution >= 4 is 17.9 Å². The number of unbranched alkanes of at least 4 members (excludes halogenated alkanes) is 3. The molecule has 140 valence electrons. The van der Waals surface area contributed by atoms with Crippen molar-refractivity contribution in [3.8, 4) is 6.07 Å². The smallest absolute Gasteiger partial charge is 0.305 e. The van der Waals surface area contributed by atoms with Crippen molar-refractivity contribution in [1.29, 1.82) is 5.26 Å². The number of esters is 1. The topological polar surface area (TPSA) is 62.4 Å². The number of nitriles is 1. The van der Waals surface area contributed by atoms with Crippen LogP contribution in [0.3, 0.4) is 0 Å². The predicted octanol–water partition coefficient (Wildman–Crippen LogP) is 5.36. The van der Waals surface area contributed by atoms with Gasteiger partial charge in [0.15, 0.2) is 0 Å². The van der Waals surface area contributed by atoms with Crippen LogP contribution in [0.4, 0.5) is 5.69 Å². The summed E-state index contributed by atoms with van der Waals surface area (Å²) < 4.78 is 5.07. The molecule has 0 saturated carbocycles. The van der Waals surface area contributed by atoms with Gasteiger partial charge in [-0.2, -0.15) is 5.26 Å². The molecule has 0 bridgehead atoms. The Bertz CT molecular complexity index is 772. The molecular weight excluding hydrogens is 336 g/mol. The van der Waals surface area contributed by atoms with Crippen molar-refractivity contribution in [3.63, 3.8) is 0 Å². The molecule has 0 radical (unpaired) electrons. The molecule has 0 aromatic heterocycles. The highest BCUT2D eigenvalue weighted by atomic mass is 16.5. The fourth-order valence-corrected chi connectivity index (χ4v) is 2.61. The zero-order valence-corrected chi connectivity index (χ0v) is 15.9. The van der Waals surface area contributed by atoms with E-state index in [0.29, 0.717) is 18.6 Å². The van der Waals surface area contributed by atoms with Crippen molar-refractivity contribution in [2.75, 3.05) is 6.61 Å². The third-order valence-corrected chi connectivity index (χ3v) is 4.25. The molecule has 2 aromatic rings. The summed E-state index contributed by atoms with van der Waals surface area (Å²) in [4.78, 5) is 15.5. The number of rotatable bonds is 10. The van der Waals surface area contributed by atoms with Crippen molar-refractivity contribution < 1.29 is 9.53 Å². The monoisotopic (exact) mass is 362 g/mol. The van der Waals surface area contributed by atoms with E-state index in [1.807, 2.05) is 25.3 Å². The number of nitrogens with zero attached hydrogens (tertiary/aromatic N) is 2. The van der Waals surface area contributed by atoms with E-state index in [-0.39, 0.29) is 5.97 Å². The Morgan fingerprint density at radius 3 is 2.41 bits per heavy atom. The largest absolute Gasteiger partial charge is 0.466 e. The molecule has 0 unspecified atom stereocenters. The van der Waals surface area contributed by atoms with E-state index in [2.05, 4.69) is 35.3 Å². The van der Waals surface area contributed by atoms with E-state index in [0.717, 1.165) is 43.4 Å². The summed E-state index contributed by atoms with van der Waals surface area (Å²) in [6, 6.07) is 17.8. The van der Waals surface area contributed by atoms with E-state index in [9.17, 15) is 4.79 Å². The summed E-state index contributed by atoms with van der Waals surface area (Å²) in [7, 11) is 0. The Labute approximate surface area is 161 Å². The molecule has 0 aliphatic carbocycles. The highest BCUT2D eigenvalue weighted by molar-refractivity contribution is 5.81. The van der Waals surface area contributed by atoms with Gasteiger partial charge in [-0.05, 0) is 54.7 Å². The third kappa shape index (κ3) is 7.87. The molecule has 0 N–H and O–H groups in total. The Hall–Kier alpha value is -2.93. The maximum Gasteiger partial charge on any atom is 0.305 e. The van der Waals surface area contributed by atoms with Crippen molar-refractivity contribution in [3.05, 3.63) is 65.2 Å². The van der Waals surface area contributed by atoms with Crippen molar-refractivity contribution in [1.82, 2.24) is 0 Å². The first-order valence-electron chi connectivity index (χ1n) is 9.50. The number of ether oxygens (including phenoxy) is 1. The van der Waals surface area contributed by atoms with E-state index in [1.54, 1.807) is 12.1 Å². The molecule has 0 spiro atoms. The summed E-state index contributed by atoms with van der Waals surface area (Å²) in [5.41, 5.74) is 3.85. The van der Waals surface area contributed by atoms with Gasteiger partial charge in [-0.25, -0.2) is 0 Å². The lowest BCUT2D eigenvalue weighted by atomic mass is 10.0.